The van der Waals surface area contributed by atoms with Crippen LogP contribution in [0.4, 0.5) is 0 Å². The summed E-state index contributed by atoms with van der Waals surface area (Å²) in [6, 6.07) is 0. The van der Waals surface area contributed by atoms with Gasteiger partial charge in [0.25, 0.3) is 0 Å². The van der Waals surface area contributed by atoms with Crippen molar-refractivity contribution in [3.63, 3.8) is 0 Å². The molecule has 0 saturated carbocycles. The largest absolute Gasteiger partial charge is 0.457 e. The van der Waals surface area contributed by atoms with E-state index in [1.807, 2.05) is 0 Å². The van der Waals surface area contributed by atoms with Crippen LogP contribution in [-0.2, 0) is 28.5 Å². The van der Waals surface area contributed by atoms with E-state index in [2.05, 4.69) is 30.8 Å². The van der Waals surface area contributed by atoms with Crippen LogP contribution >= 0.6 is 0 Å². The minimum atomic E-state index is -0.584. The second-order valence-electron chi connectivity index (χ2n) is 6.29. The summed E-state index contributed by atoms with van der Waals surface area (Å²) in [5, 5.41) is 3.37. The average molecular weight is 373 g/mol. The number of ether oxygens (including phenoxy) is 5. The summed E-state index contributed by atoms with van der Waals surface area (Å²) in [6.45, 7) is 9.87. The Hall–Kier alpha value is -1.38. The van der Waals surface area contributed by atoms with Gasteiger partial charge >= 0.3 is 5.97 Å². The van der Waals surface area contributed by atoms with E-state index < -0.39 is 12.4 Å². The molecule has 0 amide bonds. The lowest BCUT2D eigenvalue weighted by atomic mass is 9.82. The van der Waals surface area contributed by atoms with E-state index in [1.165, 1.54) is 6.92 Å². The smallest absolute Gasteiger partial charge is 0.303 e. The van der Waals surface area contributed by atoms with Crippen LogP contribution in [0.5, 0.6) is 0 Å². The van der Waals surface area contributed by atoms with Gasteiger partial charge < -0.3 is 23.7 Å². The number of carbonyl (C=O) groups is 1. The Kier molecular flexibility index (Phi) is 11.2. The Balaban J connectivity index is 2.30. The molecule has 150 valence electrons. The molecule has 26 heavy (non-hydrogen) atoms. The fraction of sp³-hybridized carbons (Fsp3) is 0.941. The van der Waals surface area contributed by atoms with Crippen molar-refractivity contribution in [1.29, 1.82) is 0 Å². The number of carbonyl (C=O) groups excluding carboxylic acids is 1. The molecule has 0 aromatic heterocycles. The highest BCUT2D eigenvalue weighted by Gasteiger charge is 2.43. The number of azide groups is 1. The van der Waals surface area contributed by atoms with Crippen LogP contribution in [-0.4, -0.2) is 64.0 Å². The van der Waals surface area contributed by atoms with Crippen LogP contribution in [0, 0.1) is 11.8 Å². The summed E-state index contributed by atoms with van der Waals surface area (Å²) in [6.07, 6.45) is -0.0535. The van der Waals surface area contributed by atoms with Gasteiger partial charge in [-0.05, 0) is 17.9 Å². The van der Waals surface area contributed by atoms with E-state index in [1.54, 1.807) is 0 Å². The number of nitrogens with zero attached hydrogens (tertiary/aromatic N) is 3. The van der Waals surface area contributed by atoms with Crippen LogP contribution in [0.15, 0.2) is 5.11 Å². The molecule has 0 spiro atoms. The minimum Gasteiger partial charge on any atom is -0.457 e. The molecule has 1 aliphatic rings. The third kappa shape index (κ3) is 7.88. The second-order valence-corrected chi connectivity index (χ2v) is 6.29. The van der Waals surface area contributed by atoms with Gasteiger partial charge in [0.2, 0.25) is 0 Å². The normalized spacial score (nSPS) is 28.4. The van der Waals surface area contributed by atoms with Crippen molar-refractivity contribution in [3.05, 3.63) is 10.4 Å². The molecule has 0 radical (unpaired) electrons. The fourth-order valence-electron chi connectivity index (χ4n) is 2.91. The Morgan fingerprint density at radius 3 is 2.38 bits per heavy atom. The zero-order chi connectivity index (χ0) is 19.4. The monoisotopic (exact) mass is 373 g/mol. The molecule has 0 bridgehead atoms. The Labute approximate surface area is 154 Å². The molecular weight excluding hydrogens is 342 g/mol. The Bertz CT molecular complexity index is 458. The molecule has 1 saturated heterocycles. The molecule has 0 N–H and O–H groups in total. The van der Waals surface area contributed by atoms with Crippen molar-refractivity contribution >= 4 is 5.97 Å². The van der Waals surface area contributed by atoms with Gasteiger partial charge in [0.05, 0.1) is 39.1 Å². The van der Waals surface area contributed by atoms with Gasteiger partial charge in [0.1, 0.15) is 0 Å². The summed E-state index contributed by atoms with van der Waals surface area (Å²) in [5.74, 6) is 0.0892. The van der Waals surface area contributed by atoms with Crippen LogP contribution in [0.1, 0.15) is 34.1 Å². The molecule has 5 atom stereocenters. The number of rotatable bonds is 12. The Morgan fingerprint density at radius 1 is 1.12 bits per heavy atom. The highest BCUT2D eigenvalue weighted by atomic mass is 16.7. The zero-order valence-corrected chi connectivity index (χ0v) is 16.1. The molecule has 9 nitrogen and oxygen atoms in total. The average Bonchev–Trinajstić information content (AvgIpc) is 2.62. The highest BCUT2D eigenvalue weighted by Crippen LogP contribution is 2.34. The third-order valence-electron chi connectivity index (χ3n) is 4.50. The first-order chi connectivity index (χ1) is 12.5. The number of hydrogen-bond acceptors (Lipinski definition) is 7. The number of hydrogen-bond donors (Lipinski definition) is 0. The predicted molar refractivity (Wildman–Crippen MR) is 94.4 cm³/mol. The van der Waals surface area contributed by atoms with Crippen LogP contribution in [0.2, 0.25) is 0 Å². The molecule has 1 fully saturated rings. The first-order valence-electron chi connectivity index (χ1n) is 9.11. The topological polar surface area (TPSA) is 112 Å². The lowest BCUT2D eigenvalue weighted by molar-refractivity contribution is -0.277. The molecule has 2 unspecified atom stereocenters. The lowest BCUT2D eigenvalue weighted by Gasteiger charge is -2.43. The maximum atomic E-state index is 11.4. The van der Waals surface area contributed by atoms with E-state index in [0.717, 1.165) is 6.42 Å². The maximum Gasteiger partial charge on any atom is 0.303 e. The molecule has 1 aliphatic heterocycles. The van der Waals surface area contributed by atoms with Crippen molar-refractivity contribution < 1.29 is 28.5 Å². The summed E-state index contributed by atoms with van der Waals surface area (Å²) in [5.41, 5.74) is 8.13. The summed E-state index contributed by atoms with van der Waals surface area (Å²) in [4.78, 5) is 14.0. The minimum absolute atomic E-state index is 0.0761. The predicted octanol–water partition coefficient (Wildman–Crippen LogP) is 2.69. The summed E-state index contributed by atoms with van der Waals surface area (Å²) in [7, 11) is 0. The van der Waals surface area contributed by atoms with Crippen molar-refractivity contribution in [2.75, 3.05) is 39.6 Å². The van der Waals surface area contributed by atoms with E-state index in [4.69, 9.17) is 29.2 Å². The molecule has 0 aromatic rings. The fourth-order valence-corrected chi connectivity index (χ4v) is 2.91. The summed E-state index contributed by atoms with van der Waals surface area (Å²) < 4.78 is 27.9. The SMILES string of the molecule is CCC1O[C@H](OCCOCCOCCN=[N+]=[N-])C(OC(C)=O)[C@@H](C)[C@@H]1C. The van der Waals surface area contributed by atoms with Crippen LogP contribution in [0.3, 0.4) is 0 Å². The van der Waals surface area contributed by atoms with Gasteiger partial charge in [0.15, 0.2) is 12.4 Å². The van der Waals surface area contributed by atoms with Crippen LogP contribution in [0.25, 0.3) is 10.4 Å². The first-order valence-corrected chi connectivity index (χ1v) is 9.11. The zero-order valence-electron chi connectivity index (χ0n) is 16.1. The standard InChI is InChI=1S/C17H31N3O6/c1-5-15-12(2)13(3)16(25-14(4)21)17(26-15)24-11-10-23-9-8-22-7-6-19-20-18/h12-13,15-17H,5-11H2,1-4H3/t12-,13-,15?,16?,17-/m0/s1. The molecular formula is C17H31N3O6. The van der Waals surface area contributed by atoms with Gasteiger partial charge in [-0.15, -0.1) is 0 Å². The Morgan fingerprint density at radius 2 is 1.77 bits per heavy atom. The van der Waals surface area contributed by atoms with Gasteiger partial charge in [-0.25, -0.2) is 0 Å². The van der Waals surface area contributed by atoms with E-state index in [0.29, 0.717) is 39.6 Å². The van der Waals surface area contributed by atoms with E-state index >= 15 is 0 Å². The van der Waals surface area contributed by atoms with Crippen molar-refractivity contribution in [3.8, 4) is 0 Å². The number of esters is 1. The van der Waals surface area contributed by atoms with Gasteiger partial charge in [0, 0.05) is 24.3 Å². The molecule has 0 aromatic carbocycles. The maximum absolute atomic E-state index is 11.4. The molecule has 1 rings (SSSR count). The second kappa shape index (κ2) is 12.9. The third-order valence-corrected chi connectivity index (χ3v) is 4.50. The molecule has 1 heterocycles. The van der Waals surface area contributed by atoms with Crippen LogP contribution < -0.4 is 0 Å². The van der Waals surface area contributed by atoms with Gasteiger partial charge in [-0.1, -0.05) is 25.9 Å². The molecule has 9 heteroatoms. The van der Waals surface area contributed by atoms with Crippen molar-refractivity contribution in [2.45, 2.75) is 52.6 Å². The van der Waals surface area contributed by atoms with E-state index in [9.17, 15) is 4.79 Å². The van der Waals surface area contributed by atoms with Crippen molar-refractivity contribution in [2.24, 2.45) is 17.0 Å². The van der Waals surface area contributed by atoms with Crippen molar-refractivity contribution in [1.82, 2.24) is 0 Å². The quantitative estimate of drug-likeness (QED) is 0.171. The molecule has 0 aliphatic carbocycles. The highest BCUT2D eigenvalue weighted by molar-refractivity contribution is 5.66. The lowest BCUT2D eigenvalue weighted by Crippen LogP contribution is -2.52. The van der Waals surface area contributed by atoms with Gasteiger partial charge in [-0.2, -0.15) is 0 Å². The summed E-state index contributed by atoms with van der Waals surface area (Å²) >= 11 is 0. The van der Waals surface area contributed by atoms with E-state index in [-0.39, 0.29) is 23.9 Å². The van der Waals surface area contributed by atoms with Gasteiger partial charge in [-0.3, -0.25) is 4.79 Å². The first kappa shape index (κ1) is 22.7.